The highest BCUT2D eigenvalue weighted by Gasteiger charge is 2.23. The highest BCUT2D eigenvalue weighted by molar-refractivity contribution is 9.10. The maximum atomic E-state index is 3.72. The fourth-order valence-electron chi connectivity index (χ4n) is 2.77. The van der Waals surface area contributed by atoms with Gasteiger partial charge in [-0.05, 0) is 79.8 Å². The molecule has 100 valence electrons. The molecule has 1 aliphatic heterocycles. The molecule has 0 saturated carbocycles. The molecule has 1 aliphatic rings. The molecule has 0 radical (unpaired) electrons. The molecule has 0 bridgehead atoms. The van der Waals surface area contributed by atoms with E-state index in [4.69, 9.17) is 0 Å². The third kappa shape index (κ3) is 3.27. The zero-order valence-corrected chi connectivity index (χ0v) is 13.0. The van der Waals surface area contributed by atoms with Crippen molar-refractivity contribution in [2.24, 2.45) is 0 Å². The Hall–Kier alpha value is -0.540. The van der Waals surface area contributed by atoms with Crippen LogP contribution in [0.3, 0.4) is 0 Å². The van der Waals surface area contributed by atoms with Crippen molar-refractivity contribution in [2.45, 2.75) is 38.6 Å². The van der Waals surface area contributed by atoms with Gasteiger partial charge in [0.2, 0.25) is 0 Å². The minimum Gasteiger partial charge on any atom is -0.368 e. The van der Waals surface area contributed by atoms with E-state index < -0.39 is 0 Å². The van der Waals surface area contributed by atoms with Crippen molar-refractivity contribution in [2.75, 3.05) is 25.0 Å². The van der Waals surface area contributed by atoms with Crippen LogP contribution in [0.25, 0.3) is 0 Å². The fourth-order valence-corrected chi connectivity index (χ4v) is 3.49. The van der Waals surface area contributed by atoms with Crippen LogP contribution in [0.5, 0.6) is 0 Å². The second kappa shape index (κ2) is 6.58. The Morgan fingerprint density at radius 1 is 1.39 bits per heavy atom. The first-order valence-electron chi connectivity index (χ1n) is 6.90. The van der Waals surface area contributed by atoms with Gasteiger partial charge < -0.3 is 10.2 Å². The molecular weight excluding hydrogens is 288 g/mol. The van der Waals surface area contributed by atoms with Crippen LogP contribution in [0.15, 0.2) is 22.7 Å². The quantitative estimate of drug-likeness (QED) is 0.911. The van der Waals surface area contributed by atoms with Crippen LogP contribution >= 0.6 is 15.9 Å². The first-order valence-corrected chi connectivity index (χ1v) is 7.69. The summed E-state index contributed by atoms with van der Waals surface area (Å²) in [7, 11) is 2.04. The van der Waals surface area contributed by atoms with Crippen LogP contribution in [0.1, 0.15) is 31.2 Å². The van der Waals surface area contributed by atoms with E-state index in [1.165, 1.54) is 48.0 Å². The number of anilines is 1. The third-order valence-corrected chi connectivity index (χ3v) is 4.40. The van der Waals surface area contributed by atoms with Gasteiger partial charge in [0.1, 0.15) is 0 Å². The number of nitrogens with one attached hydrogen (secondary N) is 1. The lowest BCUT2D eigenvalue weighted by molar-refractivity contribution is 0.433. The third-order valence-electron chi connectivity index (χ3n) is 3.77. The Labute approximate surface area is 119 Å². The average molecular weight is 311 g/mol. The predicted octanol–water partition coefficient (Wildman–Crippen LogP) is 3.73. The van der Waals surface area contributed by atoms with Gasteiger partial charge in [0.25, 0.3) is 0 Å². The van der Waals surface area contributed by atoms with E-state index in [9.17, 15) is 0 Å². The van der Waals surface area contributed by atoms with Gasteiger partial charge >= 0.3 is 0 Å². The summed E-state index contributed by atoms with van der Waals surface area (Å²) in [5.41, 5.74) is 2.68. The van der Waals surface area contributed by atoms with Gasteiger partial charge in [0.05, 0.1) is 5.69 Å². The largest absolute Gasteiger partial charge is 0.368 e. The highest BCUT2D eigenvalue weighted by atomic mass is 79.9. The van der Waals surface area contributed by atoms with Gasteiger partial charge in [-0.1, -0.05) is 6.07 Å². The van der Waals surface area contributed by atoms with Crippen LogP contribution in [0, 0.1) is 6.92 Å². The van der Waals surface area contributed by atoms with Gasteiger partial charge in [-0.15, -0.1) is 0 Å². The van der Waals surface area contributed by atoms with Crippen LogP contribution in [0.4, 0.5) is 5.69 Å². The highest BCUT2D eigenvalue weighted by Crippen LogP contribution is 2.32. The van der Waals surface area contributed by atoms with Crippen LogP contribution in [-0.4, -0.2) is 26.2 Å². The summed E-state index contributed by atoms with van der Waals surface area (Å²) in [5.74, 6) is 0. The molecule has 1 heterocycles. The topological polar surface area (TPSA) is 15.3 Å². The van der Waals surface area contributed by atoms with E-state index in [1.807, 2.05) is 7.05 Å². The maximum Gasteiger partial charge on any atom is 0.0513 e. The number of benzene rings is 1. The molecule has 3 heteroatoms. The van der Waals surface area contributed by atoms with E-state index in [0.717, 1.165) is 6.54 Å². The summed E-state index contributed by atoms with van der Waals surface area (Å²) >= 11 is 3.72. The van der Waals surface area contributed by atoms with Crippen molar-refractivity contribution in [3.63, 3.8) is 0 Å². The lowest BCUT2D eigenvalue weighted by atomic mass is 9.98. The first kappa shape index (κ1) is 13.9. The molecular formula is C15H23BrN2. The number of hydrogen-bond acceptors (Lipinski definition) is 2. The van der Waals surface area contributed by atoms with Crippen molar-refractivity contribution in [1.82, 2.24) is 5.32 Å². The van der Waals surface area contributed by atoms with Crippen molar-refractivity contribution >= 4 is 21.6 Å². The summed E-state index contributed by atoms with van der Waals surface area (Å²) < 4.78 is 1.24. The van der Waals surface area contributed by atoms with E-state index in [0.29, 0.717) is 6.04 Å². The standard InChI is InChI=1S/C15H23BrN2/c1-12-6-7-15(14(16)11-12)18-10-4-3-5-13(18)8-9-17-2/h6-7,11,13,17H,3-5,8-10H2,1-2H3. The molecule has 2 nitrogen and oxygen atoms in total. The summed E-state index contributed by atoms with van der Waals surface area (Å²) in [6.07, 6.45) is 5.24. The zero-order chi connectivity index (χ0) is 13.0. The van der Waals surface area contributed by atoms with Crippen LogP contribution < -0.4 is 10.2 Å². The summed E-state index contributed by atoms with van der Waals surface area (Å²) in [6, 6.07) is 7.38. The minimum atomic E-state index is 0.685. The smallest absolute Gasteiger partial charge is 0.0513 e. The Kier molecular flexibility index (Phi) is 5.07. The maximum absolute atomic E-state index is 3.72. The van der Waals surface area contributed by atoms with Gasteiger partial charge in [0, 0.05) is 17.1 Å². The number of hydrogen-bond donors (Lipinski definition) is 1. The first-order chi connectivity index (χ1) is 8.72. The molecule has 0 amide bonds. The molecule has 1 unspecified atom stereocenters. The molecule has 1 N–H and O–H groups in total. The van der Waals surface area contributed by atoms with E-state index in [-0.39, 0.29) is 0 Å². The van der Waals surface area contributed by atoms with E-state index in [2.05, 4.69) is 51.3 Å². The lowest BCUT2D eigenvalue weighted by Gasteiger charge is -2.38. The number of rotatable bonds is 4. The molecule has 1 atom stereocenters. The molecule has 1 saturated heterocycles. The zero-order valence-electron chi connectivity index (χ0n) is 11.4. The van der Waals surface area contributed by atoms with E-state index >= 15 is 0 Å². The molecule has 1 aromatic carbocycles. The Morgan fingerprint density at radius 2 is 2.22 bits per heavy atom. The molecule has 0 aliphatic carbocycles. The number of aryl methyl sites for hydroxylation is 1. The Bertz CT molecular complexity index is 392. The molecule has 18 heavy (non-hydrogen) atoms. The minimum absolute atomic E-state index is 0.685. The monoisotopic (exact) mass is 310 g/mol. The van der Waals surface area contributed by atoms with Crippen molar-refractivity contribution in [3.05, 3.63) is 28.2 Å². The van der Waals surface area contributed by atoms with Gasteiger partial charge in [-0.25, -0.2) is 0 Å². The summed E-state index contributed by atoms with van der Waals surface area (Å²) in [5, 5.41) is 3.27. The van der Waals surface area contributed by atoms with Gasteiger partial charge in [-0.2, -0.15) is 0 Å². The van der Waals surface area contributed by atoms with E-state index in [1.54, 1.807) is 0 Å². The fraction of sp³-hybridized carbons (Fsp3) is 0.600. The van der Waals surface area contributed by atoms with Gasteiger partial charge in [-0.3, -0.25) is 0 Å². The Balaban J connectivity index is 2.16. The number of piperidine rings is 1. The normalized spacial score (nSPS) is 20.2. The molecule has 1 aromatic rings. The predicted molar refractivity (Wildman–Crippen MR) is 82.4 cm³/mol. The average Bonchev–Trinajstić information content (AvgIpc) is 2.37. The van der Waals surface area contributed by atoms with Crippen molar-refractivity contribution < 1.29 is 0 Å². The second-order valence-electron chi connectivity index (χ2n) is 5.19. The molecule has 0 spiro atoms. The van der Waals surface area contributed by atoms with Crippen molar-refractivity contribution in [3.8, 4) is 0 Å². The molecule has 0 aromatic heterocycles. The molecule has 2 rings (SSSR count). The number of nitrogens with zero attached hydrogens (tertiary/aromatic N) is 1. The summed E-state index contributed by atoms with van der Waals surface area (Å²) in [6.45, 7) is 4.43. The van der Waals surface area contributed by atoms with Crippen molar-refractivity contribution in [1.29, 1.82) is 0 Å². The number of halogens is 1. The van der Waals surface area contributed by atoms with Crippen LogP contribution in [0.2, 0.25) is 0 Å². The second-order valence-corrected chi connectivity index (χ2v) is 6.04. The summed E-state index contributed by atoms with van der Waals surface area (Å²) in [4.78, 5) is 2.59. The lowest BCUT2D eigenvalue weighted by Crippen LogP contribution is -2.41. The van der Waals surface area contributed by atoms with Crippen LogP contribution in [-0.2, 0) is 0 Å². The van der Waals surface area contributed by atoms with Gasteiger partial charge in [0.15, 0.2) is 0 Å². The SMILES string of the molecule is CNCCC1CCCCN1c1ccc(C)cc1Br. The molecule has 1 fully saturated rings. The Morgan fingerprint density at radius 3 is 2.94 bits per heavy atom.